The van der Waals surface area contributed by atoms with E-state index in [0.29, 0.717) is 0 Å². The van der Waals surface area contributed by atoms with Crippen molar-refractivity contribution in [1.29, 1.82) is 0 Å². The Balaban J connectivity index is 2.43. The first-order valence-corrected chi connectivity index (χ1v) is 6.91. The summed E-state index contributed by atoms with van der Waals surface area (Å²) in [5.41, 5.74) is 3.92. The molecule has 90 valence electrons. The highest BCUT2D eigenvalue weighted by atomic mass is 32.1. The van der Waals surface area contributed by atoms with Crippen molar-refractivity contribution in [1.82, 2.24) is 4.98 Å². The zero-order valence-electron chi connectivity index (χ0n) is 10.6. The molecule has 0 aliphatic rings. The predicted molar refractivity (Wildman–Crippen MR) is 78.4 cm³/mol. The molecule has 1 aromatic heterocycles. The molecule has 0 amide bonds. The summed E-state index contributed by atoms with van der Waals surface area (Å²) in [5, 5.41) is 0. The third-order valence-electron chi connectivity index (χ3n) is 2.86. The summed E-state index contributed by atoms with van der Waals surface area (Å²) >= 11 is 6.80. The molecule has 3 heteroatoms. The molecule has 0 saturated carbocycles. The fraction of sp³-hybridized carbons (Fsp3) is 0.357. The van der Waals surface area contributed by atoms with E-state index in [1.165, 1.54) is 16.0 Å². The second kappa shape index (κ2) is 4.39. The molecule has 2 aromatic rings. The highest BCUT2D eigenvalue weighted by Crippen LogP contribution is 2.28. The van der Waals surface area contributed by atoms with Crippen molar-refractivity contribution in [2.24, 2.45) is 0 Å². The summed E-state index contributed by atoms with van der Waals surface area (Å²) in [4.78, 5) is 4.50. The molecular weight excluding hydrogens is 246 g/mol. The van der Waals surface area contributed by atoms with Crippen LogP contribution in [0.5, 0.6) is 0 Å². The quantitative estimate of drug-likeness (QED) is 0.709. The minimum absolute atomic E-state index is 0.203. The normalized spacial score (nSPS) is 11.8. The summed E-state index contributed by atoms with van der Waals surface area (Å²) < 4.78 is 0.845. The molecule has 1 nitrogen and oxygen atoms in total. The van der Waals surface area contributed by atoms with Crippen LogP contribution in [-0.2, 0) is 5.41 Å². The minimum Gasteiger partial charge on any atom is -0.337 e. The van der Waals surface area contributed by atoms with Gasteiger partial charge in [0.05, 0.1) is 5.69 Å². The first-order valence-electron chi connectivity index (χ1n) is 5.68. The van der Waals surface area contributed by atoms with Gasteiger partial charge >= 0.3 is 0 Å². The number of benzene rings is 1. The van der Waals surface area contributed by atoms with E-state index < -0.39 is 0 Å². The highest BCUT2D eigenvalue weighted by Gasteiger charge is 2.13. The smallest absolute Gasteiger partial charge is 0.159 e. The Hall–Kier alpha value is -0.930. The molecule has 17 heavy (non-hydrogen) atoms. The number of aromatic nitrogens is 1. The minimum atomic E-state index is 0.203. The van der Waals surface area contributed by atoms with Gasteiger partial charge in [0.25, 0.3) is 0 Å². The summed E-state index contributed by atoms with van der Waals surface area (Å²) in [6.45, 7) is 8.78. The van der Waals surface area contributed by atoms with Crippen molar-refractivity contribution in [3.8, 4) is 11.3 Å². The first-order chi connectivity index (χ1) is 7.88. The van der Waals surface area contributed by atoms with Crippen molar-refractivity contribution in [3.63, 3.8) is 0 Å². The standard InChI is InChI=1S/C14H17NS2/c1-9-12(15-13(16)17-9)10-5-7-11(8-6-10)14(2,3)4/h5-8H,1-4H3,(H,15,16). The molecule has 0 aliphatic heterocycles. The Labute approximate surface area is 112 Å². The lowest BCUT2D eigenvalue weighted by molar-refractivity contribution is 0.590. The Morgan fingerprint density at radius 3 is 2.12 bits per heavy atom. The van der Waals surface area contributed by atoms with Crippen LogP contribution in [0.2, 0.25) is 0 Å². The molecule has 0 spiro atoms. The van der Waals surface area contributed by atoms with Crippen molar-refractivity contribution < 1.29 is 0 Å². The van der Waals surface area contributed by atoms with Crippen LogP contribution in [0.4, 0.5) is 0 Å². The number of rotatable bonds is 1. The number of hydrogen-bond acceptors (Lipinski definition) is 2. The van der Waals surface area contributed by atoms with Crippen molar-refractivity contribution in [3.05, 3.63) is 38.7 Å². The van der Waals surface area contributed by atoms with Crippen LogP contribution in [0.25, 0.3) is 11.3 Å². The van der Waals surface area contributed by atoms with Gasteiger partial charge in [-0.25, -0.2) is 0 Å². The molecule has 0 unspecified atom stereocenters. The Morgan fingerprint density at radius 1 is 1.12 bits per heavy atom. The van der Waals surface area contributed by atoms with Gasteiger partial charge in [0.15, 0.2) is 3.95 Å². The number of H-pyrrole nitrogens is 1. The predicted octanol–water partition coefficient (Wildman–Crippen LogP) is 5.08. The lowest BCUT2D eigenvalue weighted by atomic mass is 9.86. The third-order valence-corrected chi connectivity index (χ3v) is 4.01. The van der Waals surface area contributed by atoms with Gasteiger partial charge < -0.3 is 4.98 Å². The van der Waals surface area contributed by atoms with E-state index in [1.54, 1.807) is 11.3 Å². The van der Waals surface area contributed by atoms with Gasteiger partial charge in [0.2, 0.25) is 0 Å². The Morgan fingerprint density at radius 2 is 1.71 bits per heavy atom. The molecule has 0 fully saturated rings. The van der Waals surface area contributed by atoms with Crippen LogP contribution in [-0.4, -0.2) is 4.98 Å². The molecular formula is C14H17NS2. The number of aromatic amines is 1. The zero-order chi connectivity index (χ0) is 12.6. The molecule has 1 heterocycles. The second-order valence-electron chi connectivity index (χ2n) is 5.27. The maximum Gasteiger partial charge on any atom is 0.159 e. The van der Waals surface area contributed by atoms with E-state index in [4.69, 9.17) is 12.2 Å². The van der Waals surface area contributed by atoms with Gasteiger partial charge in [0, 0.05) is 4.88 Å². The molecule has 0 atom stereocenters. The van der Waals surface area contributed by atoms with Gasteiger partial charge in [-0.3, -0.25) is 0 Å². The number of aryl methyl sites for hydroxylation is 1. The summed E-state index contributed by atoms with van der Waals surface area (Å²) in [6.07, 6.45) is 0. The lowest BCUT2D eigenvalue weighted by Gasteiger charge is -2.19. The first kappa shape index (κ1) is 12.5. The molecule has 1 aromatic carbocycles. The highest BCUT2D eigenvalue weighted by molar-refractivity contribution is 7.73. The van der Waals surface area contributed by atoms with Gasteiger partial charge in [-0.05, 0) is 35.7 Å². The molecule has 2 rings (SSSR count). The summed E-state index contributed by atoms with van der Waals surface area (Å²) in [5.74, 6) is 0. The molecule has 0 bridgehead atoms. The van der Waals surface area contributed by atoms with E-state index in [0.717, 1.165) is 9.65 Å². The Kier molecular flexibility index (Phi) is 3.23. The average Bonchev–Trinajstić information content (AvgIpc) is 2.57. The van der Waals surface area contributed by atoms with E-state index in [2.05, 4.69) is 56.9 Å². The average molecular weight is 263 g/mol. The van der Waals surface area contributed by atoms with Crippen molar-refractivity contribution in [2.75, 3.05) is 0 Å². The van der Waals surface area contributed by atoms with Crippen LogP contribution in [0.1, 0.15) is 31.2 Å². The maximum atomic E-state index is 5.17. The van der Waals surface area contributed by atoms with Crippen LogP contribution in [0.15, 0.2) is 24.3 Å². The SMILES string of the molecule is Cc1sc(=S)[nH]c1-c1ccc(C(C)(C)C)cc1. The van der Waals surface area contributed by atoms with Crippen molar-refractivity contribution in [2.45, 2.75) is 33.1 Å². The van der Waals surface area contributed by atoms with E-state index in [-0.39, 0.29) is 5.41 Å². The van der Waals surface area contributed by atoms with Crippen LogP contribution in [0, 0.1) is 10.9 Å². The topological polar surface area (TPSA) is 15.8 Å². The molecule has 0 saturated heterocycles. The molecule has 0 radical (unpaired) electrons. The number of thiazole rings is 1. The summed E-state index contributed by atoms with van der Waals surface area (Å²) in [7, 11) is 0. The van der Waals surface area contributed by atoms with Gasteiger partial charge in [-0.15, -0.1) is 11.3 Å². The second-order valence-corrected chi connectivity index (χ2v) is 7.16. The Bertz CT molecular complexity index is 568. The van der Waals surface area contributed by atoms with Crippen LogP contribution >= 0.6 is 23.6 Å². The largest absolute Gasteiger partial charge is 0.337 e. The zero-order valence-corrected chi connectivity index (χ0v) is 12.3. The monoisotopic (exact) mass is 263 g/mol. The van der Waals surface area contributed by atoms with Crippen LogP contribution < -0.4 is 0 Å². The fourth-order valence-corrected chi connectivity index (χ4v) is 3.00. The maximum absolute atomic E-state index is 5.17. The van der Waals surface area contributed by atoms with E-state index in [1.807, 2.05) is 0 Å². The summed E-state index contributed by atoms with van der Waals surface area (Å²) in [6, 6.07) is 8.73. The van der Waals surface area contributed by atoms with E-state index in [9.17, 15) is 0 Å². The molecule has 0 aliphatic carbocycles. The third kappa shape index (κ3) is 2.67. The van der Waals surface area contributed by atoms with Gasteiger partial charge in [-0.2, -0.15) is 0 Å². The van der Waals surface area contributed by atoms with Gasteiger partial charge in [-0.1, -0.05) is 45.0 Å². The van der Waals surface area contributed by atoms with Crippen molar-refractivity contribution >= 4 is 23.6 Å². The number of nitrogens with one attached hydrogen (secondary N) is 1. The number of hydrogen-bond donors (Lipinski definition) is 1. The molecule has 1 N–H and O–H groups in total. The van der Waals surface area contributed by atoms with Gasteiger partial charge in [0.1, 0.15) is 0 Å². The van der Waals surface area contributed by atoms with Crippen LogP contribution in [0.3, 0.4) is 0 Å². The van der Waals surface area contributed by atoms with E-state index >= 15 is 0 Å². The fourth-order valence-electron chi connectivity index (χ4n) is 1.82. The lowest BCUT2D eigenvalue weighted by Crippen LogP contribution is -2.10.